The minimum atomic E-state index is -0.399. The number of rotatable bonds is 3. The van der Waals surface area contributed by atoms with Crippen LogP contribution in [-0.2, 0) is 11.2 Å². The first-order chi connectivity index (χ1) is 11.5. The van der Waals surface area contributed by atoms with Gasteiger partial charge in [-0.25, -0.2) is 0 Å². The summed E-state index contributed by atoms with van der Waals surface area (Å²) in [7, 11) is 0. The van der Waals surface area contributed by atoms with Crippen LogP contribution < -0.4 is 5.32 Å². The number of benzene rings is 1. The van der Waals surface area contributed by atoms with Gasteiger partial charge in [-0.05, 0) is 43.5 Å². The van der Waals surface area contributed by atoms with E-state index in [2.05, 4.69) is 17.2 Å². The first-order valence-corrected chi connectivity index (χ1v) is 8.54. The smallest absolute Gasteiger partial charge is 0.255 e. The highest BCUT2D eigenvalue weighted by molar-refractivity contribution is 6.07. The van der Waals surface area contributed by atoms with Crippen LogP contribution >= 0.6 is 0 Å². The maximum absolute atomic E-state index is 13.2. The molecule has 1 aliphatic rings. The number of hydrogen-bond donors (Lipinski definition) is 1. The maximum Gasteiger partial charge on any atom is 0.255 e. The zero-order valence-corrected chi connectivity index (χ0v) is 14.4. The van der Waals surface area contributed by atoms with Crippen LogP contribution in [0.25, 0.3) is 10.9 Å². The SMILES string of the molecule is CCc1ccc2nc(C)cc(C(=O)N3CCNC(=O)C3CC)c2c1. The molecule has 0 aliphatic carbocycles. The van der Waals surface area contributed by atoms with Gasteiger partial charge in [0.2, 0.25) is 5.91 Å². The molecule has 1 N–H and O–H groups in total. The summed E-state index contributed by atoms with van der Waals surface area (Å²) >= 11 is 0. The number of aryl methyl sites for hydroxylation is 2. The van der Waals surface area contributed by atoms with E-state index >= 15 is 0 Å². The summed E-state index contributed by atoms with van der Waals surface area (Å²) in [6.07, 6.45) is 1.51. The molecule has 2 heterocycles. The van der Waals surface area contributed by atoms with Crippen LogP contribution in [0.3, 0.4) is 0 Å². The lowest BCUT2D eigenvalue weighted by Crippen LogP contribution is -2.56. The van der Waals surface area contributed by atoms with Crippen molar-refractivity contribution in [1.82, 2.24) is 15.2 Å². The van der Waals surface area contributed by atoms with Crippen molar-refractivity contribution in [3.05, 3.63) is 41.1 Å². The molecule has 5 nitrogen and oxygen atoms in total. The Balaban J connectivity index is 2.10. The summed E-state index contributed by atoms with van der Waals surface area (Å²) in [5.74, 6) is -0.151. The number of nitrogens with zero attached hydrogens (tertiary/aromatic N) is 2. The van der Waals surface area contributed by atoms with Crippen molar-refractivity contribution in [3.8, 4) is 0 Å². The minimum absolute atomic E-state index is 0.0681. The lowest BCUT2D eigenvalue weighted by Gasteiger charge is -2.34. The number of hydrogen-bond acceptors (Lipinski definition) is 3. The summed E-state index contributed by atoms with van der Waals surface area (Å²) in [6, 6.07) is 7.50. The van der Waals surface area contributed by atoms with Gasteiger partial charge in [-0.3, -0.25) is 14.6 Å². The summed E-state index contributed by atoms with van der Waals surface area (Å²) in [5, 5.41) is 3.71. The van der Waals surface area contributed by atoms with Crippen LogP contribution in [0.15, 0.2) is 24.3 Å². The molecule has 0 spiro atoms. The average molecular weight is 325 g/mol. The van der Waals surface area contributed by atoms with E-state index in [9.17, 15) is 9.59 Å². The van der Waals surface area contributed by atoms with Crippen LogP contribution in [0.1, 0.15) is 41.9 Å². The molecule has 1 aromatic carbocycles. The van der Waals surface area contributed by atoms with Gasteiger partial charge in [0.05, 0.1) is 11.1 Å². The topological polar surface area (TPSA) is 62.3 Å². The van der Waals surface area contributed by atoms with Gasteiger partial charge in [0.15, 0.2) is 0 Å². The molecule has 1 saturated heterocycles. The summed E-state index contributed by atoms with van der Waals surface area (Å²) < 4.78 is 0. The summed E-state index contributed by atoms with van der Waals surface area (Å²) in [4.78, 5) is 31.5. The number of nitrogens with one attached hydrogen (secondary N) is 1. The highest BCUT2D eigenvalue weighted by Gasteiger charge is 2.32. The standard InChI is InChI=1S/C19H23N3O2/c1-4-13-6-7-16-14(11-13)15(10-12(3)21-16)19(24)22-9-8-20-18(23)17(22)5-2/h6-7,10-11,17H,4-5,8-9H2,1-3H3,(H,20,23). The molecular formula is C19H23N3O2. The van der Waals surface area contributed by atoms with Gasteiger partial charge in [-0.1, -0.05) is 19.9 Å². The van der Waals surface area contributed by atoms with E-state index in [1.165, 1.54) is 5.56 Å². The zero-order chi connectivity index (χ0) is 17.3. The number of carbonyl (C=O) groups excluding carboxylic acids is 2. The molecule has 0 saturated carbocycles. The quantitative estimate of drug-likeness (QED) is 0.943. The molecule has 24 heavy (non-hydrogen) atoms. The van der Waals surface area contributed by atoms with Crippen molar-refractivity contribution >= 4 is 22.7 Å². The van der Waals surface area contributed by atoms with Crippen molar-refractivity contribution in [3.63, 3.8) is 0 Å². The molecule has 0 radical (unpaired) electrons. The fourth-order valence-corrected chi connectivity index (χ4v) is 3.32. The van der Waals surface area contributed by atoms with E-state index in [1.807, 2.05) is 38.1 Å². The Hall–Kier alpha value is -2.43. The minimum Gasteiger partial charge on any atom is -0.353 e. The average Bonchev–Trinajstić information content (AvgIpc) is 2.59. The number of aromatic nitrogens is 1. The van der Waals surface area contributed by atoms with Crippen molar-refractivity contribution in [1.29, 1.82) is 0 Å². The number of amides is 2. The Kier molecular flexibility index (Phi) is 4.51. The van der Waals surface area contributed by atoms with E-state index in [0.29, 0.717) is 25.1 Å². The van der Waals surface area contributed by atoms with E-state index in [0.717, 1.165) is 23.0 Å². The van der Waals surface area contributed by atoms with E-state index in [4.69, 9.17) is 0 Å². The highest BCUT2D eigenvalue weighted by Crippen LogP contribution is 2.23. The number of piperazine rings is 1. The Bertz CT molecular complexity index is 801. The second-order valence-corrected chi connectivity index (χ2v) is 6.23. The lowest BCUT2D eigenvalue weighted by molar-refractivity contribution is -0.127. The van der Waals surface area contributed by atoms with Crippen LogP contribution in [0.5, 0.6) is 0 Å². The highest BCUT2D eigenvalue weighted by atomic mass is 16.2. The summed E-state index contributed by atoms with van der Waals surface area (Å²) in [5.41, 5.74) is 3.45. The largest absolute Gasteiger partial charge is 0.353 e. The first-order valence-electron chi connectivity index (χ1n) is 8.54. The molecule has 1 aliphatic heterocycles. The molecule has 1 aromatic heterocycles. The van der Waals surface area contributed by atoms with Gasteiger partial charge in [0.25, 0.3) is 5.91 Å². The van der Waals surface area contributed by atoms with E-state index in [-0.39, 0.29) is 11.8 Å². The second-order valence-electron chi connectivity index (χ2n) is 6.23. The Morgan fingerprint density at radius 2 is 2.12 bits per heavy atom. The van der Waals surface area contributed by atoms with Gasteiger partial charge in [0.1, 0.15) is 6.04 Å². The molecule has 126 valence electrons. The molecular weight excluding hydrogens is 302 g/mol. The van der Waals surface area contributed by atoms with Crippen molar-refractivity contribution < 1.29 is 9.59 Å². The predicted molar refractivity (Wildman–Crippen MR) is 94.0 cm³/mol. The van der Waals surface area contributed by atoms with Gasteiger partial charge in [-0.2, -0.15) is 0 Å². The third-order valence-corrected chi connectivity index (χ3v) is 4.62. The summed E-state index contributed by atoms with van der Waals surface area (Å²) in [6.45, 7) is 6.96. The van der Waals surface area contributed by atoms with Crippen LogP contribution in [0.4, 0.5) is 0 Å². The van der Waals surface area contributed by atoms with Crippen molar-refractivity contribution in [2.45, 2.75) is 39.7 Å². The number of pyridine rings is 1. The van der Waals surface area contributed by atoms with E-state index in [1.54, 1.807) is 4.90 Å². The van der Waals surface area contributed by atoms with Gasteiger partial charge >= 0.3 is 0 Å². The third kappa shape index (κ3) is 2.86. The normalized spacial score (nSPS) is 17.9. The molecule has 2 aromatic rings. The maximum atomic E-state index is 13.2. The van der Waals surface area contributed by atoms with E-state index < -0.39 is 6.04 Å². The molecule has 5 heteroatoms. The second kappa shape index (κ2) is 6.59. The molecule has 0 bridgehead atoms. The Morgan fingerprint density at radius 3 is 2.83 bits per heavy atom. The monoisotopic (exact) mass is 325 g/mol. The molecule has 1 atom stereocenters. The molecule has 3 rings (SSSR count). The van der Waals surface area contributed by atoms with Crippen molar-refractivity contribution in [2.24, 2.45) is 0 Å². The van der Waals surface area contributed by atoms with Crippen molar-refractivity contribution in [2.75, 3.05) is 13.1 Å². The number of carbonyl (C=O) groups is 2. The Morgan fingerprint density at radius 1 is 1.33 bits per heavy atom. The fraction of sp³-hybridized carbons (Fsp3) is 0.421. The fourth-order valence-electron chi connectivity index (χ4n) is 3.32. The van der Waals surface area contributed by atoms with Crippen LogP contribution in [-0.4, -0.2) is 40.8 Å². The van der Waals surface area contributed by atoms with Crippen LogP contribution in [0.2, 0.25) is 0 Å². The Labute approximate surface area is 142 Å². The zero-order valence-electron chi connectivity index (χ0n) is 14.4. The molecule has 1 fully saturated rings. The molecule has 2 amide bonds. The lowest BCUT2D eigenvalue weighted by atomic mass is 10.0. The third-order valence-electron chi connectivity index (χ3n) is 4.62. The number of fused-ring (bicyclic) bond motifs is 1. The van der Waals surface area contributed by atoms with Gasteiger partial charge < -0.3 is 10.2 Å². The van der Waals surface area contributed by atoms with Gasteiger partial charge in [-0.15, -0.1) is 0 Å². The predicted octanol–water partition coefficient (Wildman–Crippen LogP) is 2.46. The first kappa shape index (κ1) is 16.4. The molecule has 1 unspecified atom stereocenters. The van der Waals surface area contributed by atoms with Gasteiger partial charge in [0, 0.05) is 24.2 Å². The van der Waals surface area contributed by atoms with Crippen LogP contribution in [0, 0.1) is 6.92 Å².